The Morgan fingerprint density at radius 1 is 1.07 bits per heavy atom. The molecule has 0 saturated carbocycles. The van der Waals surface area contributed by atoms with E-state index in [1.165, 1.54) is 17.7 Å². The number of amidine groups is 1. The van der Waals surface area contributed by atoms with Crippen molar-refractivity contribution in [3.05, 3.63) is 82.0 Å². The number of carbonyl (C=O) groups excluding carboxylic acids is 1. The van der Waals surface area contributed by atoms with Crippen LogP contribution in [-0.4, -0.2) is 22.2 Å². The zero-order valence-electron chi connectivity index (χ0n) is 16.3. The van der Waals surface area contributed by atoms with Crippen molar-refractivity contribution in [1.29, 1.82) is 0 Å². The third kappa shape index (κ3) is 4.21. The van der Waals surface area contributed by atoms with E-state index in [0.29, 0.717) is 22.3 Å². The lowest BCUT2D eigenvalue weighted by molar-refractivity contribution is 0.0697. The predicted molar refractivity (Wildman–Crippen MR) is 118 cm³/mol. The Bertz CT molecular complexity index is 1210. The van der Waals surface area contributed by atoms with E-state index >= 15 is 0 Å². The predicted octanol–water partition coefficient (Wildman–Crippen LogP) is 5.79. The molecule has 3 aromatic rings. The average molecular weight is 418 g/mol. The zero-order chi connectivity index (χ0) is 21.3. The third-order valence-corrected chi connectivity index (χ3v) is 5.52. The van der Waals surface area contributed by atoms with Crippen LogP contribution in [0.3, 0.4) is 0 Å². The standard InChI is InChI=1S/C23H18N2O4S/c1-13-3-8-17(11-14(13)2)24-21-20(30-23(28)25-21)12-18-9-10-19(29-18)15-4-6-16(7-5-15)22(26)27/h3-12H,1-2H3,(H,26,27)(H,24,25,28)/b20-12-. The lowest BCUT2D eigenvalue weighted by atomic mass is 10.1. The fraction of sp³-hybridized carbons (Fsp3) is 0.0870. The molecule has 150 valence electrons. The van der Waals surface area contributed by atoms with Gasteiger partial charge in [-0.25, -0.2) is 9.79 Å². The molecule has 0 bridgehead atoms. The number of nitrogens with zero attached hydrogens (tertiary/aromatic N) is 1. The highest BCUT2D eigenvalue weighted by atomic mass is 32.2. The highest BCUT2D eigenvalue weighted by Gasteiger charge is 2.24. The summed E-state index contributed by atoms with van der Waals surface area (Å²) in [4.78, 5) is 28.2. The first-order valence-electron chi connectivity index (χ1n) is 9.19. The summed E-state index contributed by atoms with van der Waals surface area (Å²) in [6.07, 6.45) is 1.76. The van der Waals surface area contributed by atoms with Crippen LogP contribution in [0.5, 0.6) is 0 Å². The van der Waals surface area contributed by atoms with E-state index in [9.17, 15) is 9.59 Å². The number of furan rings is 1. The summed E-state index contributed by atoms with van der Waals surface area (Å²) in [5.74, 6) is 0.683. The van der Waals surface area contributed by atoms with Crippen molar-refractivity contribution in [3.8, 4) is 11.3 Å². The van der Waals surface area contributed by atoms with Crippen LogP contribution in [0.15, 0.2) is 68.9 Å². The Hall–Kier alpha value is -3.58. The molecule has 7 heteroatoms. The fourth-order valence-corrected chi connectivity index (χ4v) is 3.64. The lowest BCUT2D eigenvalue weighted by Crippen LogP contribution is -2.18. The maximum Gasteiger partial charge on any atom is 0.335 e. The van der Waals surface area contributed by atoms with E-state index in [1.54, 1.807) is 30.3 Å². The summed E-state index contributed by atoms with van der Waals surface area (Å²) < 4.78 is 5.87. The first-order chi connectivity index (χ1) is 14.4. The molecule has 0 unspecified atom stereocenters. The molecule has 2 heterocycles. The molecule has 0 radical (unpaired) electrons. The Balaban J connectivity index is 1.61. The molecule has 1 aromatic heterocycles. The number of carbonyl (C=O) groups is 2. The van der Waals surface area contributed by atoms with Crippen LogP contribution in [-0.2, 0) is 0 Å². The van der Waals surface area contributed by atoms with Gasteiger partial charge in [-0.3, -0.25) is 4.79 Å². The molecular formula is C23H18N2O4S. The highest BCUT2D eigenvalue weighted by Crippen LogP contribution is 2.31. The van der Waals surface area contributed by atoms with Crippen LogP contribution in [0, 0.1) is 13.8 Å². The van der Waals surface area contributed by atoms with Gasteiger partial charge in [-0.2, -0.15) is 0 Å². The minimum Gasteiger partial charge on any atom is -0.478 e. The monoisotopic (exact) mass is 418 g/mol. The van der Waals surface area contributed by atoms with Crippen molar-refractivity contribution in [2.75, 3.05) is 0 Å². The molecule has 30 heavy (non-hydrogen) atoms. The maximum atomic E-state index is 11.9. The third-order valence-electron chi connectivity index (χ3n) is 4.70. The number of aromatic carboxylic acids is 1. The van der Waals surface area contributed by atoms with E-state index in [4.69, 9.17) is 9.52 Å². The number of benzene rings is 2. The Labute approximate surface area is 177 Å². The van der Waals surface area contributed by atoms with Crippen LogP contribution in [0.1, 0.15) is 27.2 Å². The van der Waals surface area contributed by atoms with Crippen LogP contribution in [0.25, 0.3) is 17.4 Å². The normalized spacial score (nSPS) is 16.3. The first kappa shape index (κ1) is 19.7. The van der Waals surface area contributed by atoms with Gasteiger partial charge in [0.25, 0.3) is 5.24 Å². The summed E-state index contributed by atoms with van der Waals surface area (Å²) >= 11 is 1.06. The molecule has 0 spiro atoms. The van der Waals surface area contributed by atoms with Gasteiger partial charge in [-0.1, -0.05) is 18.2 Å². The van der Waals surface area contributed by atoms with Gasteiger partial charge in [0.15, 0.2) is 0 Å². The smallest absolute Gasteiger partial charge is 0.335 e. The molecule has 1 amide bonds. The molecular weight excluding hydrogens is 400 g/mol. The molecule has 1 saturated heterocycles. The molecule has 1 aliphatic heterocycles. The summed E-state index contributed by atoms with van der Waals surface area (Å²) in [6.45, 7) is 4.06. The molecule has 1 fully saturated rings. The second kappa shape index (κ2) is 8.04. The number of nitrogens with one attached hydrogen (secondary N) is 1. The number of carboxylic acids is 1. The van der Waals surface area contributed by atoms with Gasteiger partial charge in [-0.15, -0.1) is 0 Å². The van der Waals surface area contributed by atoms with E-state index in [1.807, 2.05) is 32.0 Å². The molecule has 0 aliphatic carbocycles. The Kier molecular flexibility index (Phi) is 5.29. The number of amides is 1. The minimum absolute atomic E-state index is 0.195. The van der Waals surface area contributed by atoms with Crippen LogP contribution in [0.2, 0.25) is 0 Å². The van der Waals surface area contributed by atoms with Gasteiger partial charge >= 0.3 is 5.97 Å². The summed E-state index contributed by atoms with van der Waals surface area (Å²) in [5.41, 5.74) is 4.05. The van der Waals surface area contributed by atoms with Gasteiger partial charge < -0.3 is 14.8 Å². The van der Waals surface area contributed by atoms with Crippen molar-refractivity contribution >= 4 is 40.6 Å². The number of hydrogen-bond donors (Lipinski definition) is 2. The fourth-order valence-electron chi connectivity index (χ4n) is 2.93. The number of thioether (sulfide) groups is 1. The Morgan fingerprint density at radius 2 is 1.83 bits per heavy atom. The maximum absolute atomic E-state index is 11.9. The van der Waals surface area contributed by atoms with E-state index in [0.717, 1.165) is 28.6 Å². The first-order valence-corrected chi connectivity index (χ1v) is 10.0. The number of carboxylic acid groups (broad SMARTS) is 1. The van der Waals surface area contributed by atoms with Crippen molar-refractivity contribution in [1.82, 2.24) is 5.32 Å². The van der Waals surface area contributed by atoms with E-state index < -0.39 is 5.97 Å². The van der Waals surface area contributed by atoms with Gasteiger partial charge in [0.1, 0.15) is 17.4 Å². The van der Waals surface area contributed by atoms with Gasteiger partial charge in [0.05, 0.1) is 16.2 Å². The lowest BCUT2D eigenvalue weighted by Gasteiger charge is -2.03. The topological polar surface area (TPSA) is 91.9 Å². The molecule has 4 rings (SSSR count). The van der Waals surface area contributed by atoms with Crippen molar-refractivity contribution < 1.29 is 19.1 Å². The number of aliphatic imine (C=N–C) groups is 1. The van der Waals surface area contributed by atoms with Crippen molar-refractivity contribution in [2.45, 2.75) is 13.8 Å². The number of aryl methyl sites for hydroxylation is 2. The van der Waals surface area contributed by atoms with Crippen LogP contribution >= 0.6 is 11.8 Å². The second-order valence-corrected chi connectivity index (χ2v) is 7.85. The molecule has 2 aromatic carbocycles. The summed E-state index contributed by atoms with van der Waals surface area (Å²) in [7, 11) is 0. The number of rotatable bonds is 4. The number of hydrogen-bond acceptors (Lipinski definition) is 5. The molecule has 1 aliphatic rings. The van der Waals surface area contributed by atoms with Crippen molar-refractivity contribution in [3.63, 3.8) is 0 Å². The van der Waals surface area contributed by atoms with Gasteiger partial charge in [0.2, 0.25) is 0 Å². The molecule has 2 N–H and O–H groups in total. The highest BCUT2D eigenvalue weighted by molar-refractivity contribution is 8.18. The van der Waals surface area contributed by atoms with Crippen molar-refractivity contribution in [2.24, 2.45) is 4.99 Å². The van der Waals surface area contributed by atoms with E-state index in [2.05, 4.69) is 10.3 Å². The zero-order valence-corrected chi connectivity index (χ0v) is 17.1. The Morgan fingerprint density at radius 3 is 2.53 bits per heavy atom. The average Bonchev–Trinajstić information content (AvgIpc) is 3.31. The summed E-state index contributed by atoms with van der Waals surface area (Å²) in [6, 6.07) is 15.9. The quantitative estimate of drug-likeness (QED) is 0.559. The SMILES string of the molecule is Cc1ccc(N=C2NC(=O)S/C2=C\c2ccc(-c3ccc(C(=O)O)cc3)o2)cc1C. The van der Waals surface area contributed by atoms with E-state index in [-0.39, 0.29) is 10.8 Å². The van der Waals surface area contributed by atoms with Gasteiger partial charge in [-0.05, 0) is 79.2 Å². The molecule has 0 atom stereocenters. The minimum atomic E-state index is -0.975. The van der Waals surface area contributed by atoms with Crippen LogP contribution < -0.4 is 5.32 Å². The largest absolute Gasteiger partial charge is 0.478 e. The van der Waals surface area contributed by atoms with Gasteiger partial charge in [0, 0.05) is 5.56 Å². The summed E-state index contributed by atoms with van der Waals surface area (Å²) in [5, 5.41) is 11.6. The second-order valence-electron chi connectivity index (χ2n) is 6.84. The van der Waals surface area contributed by atoms with Crippen LogP contribution in [0.4, 0.5) is 10.5 Å². The molecule has 6 nitrogen and oxygen atoms in total.